The molecule has 1 amide bonds. The molecule has 0 radical (unpaired) electrons. The van der Waals surface area contributed by atoms with Crippen molar-refractivity contribution in [1.29, 1.82) is 0 Å². The fraction of sp³-hybridized carbons (Fsp3) is 0.450. The number of carbonyl (C=O) groups is 1. The summed E-state index contributed by atoms with van der Waals surface area (Å²) in [6.45, 7) is 6.11. The molecular weight excluding hydrogens is 382 g/mol. The van der Waals surface area contributed by atoms with Gasteiger partial charge >= 0.3 is 0 Å². The third-order valence-electron chi connectivity index (χ3n) is 5.04. The van der Waals surface area contributed by atoms with Gasteiger partial charge in [-0.15, -0.1) is 11.3 Å². The van der Waals surface area contributed by atoms with Crippen LogP contribution in [-0.2, 0) is 21.2 Å². The summed E-state index contributed by atoms with van der Waals surface area (Å²) in [7, 11) is -3.08. The van der Waals surface area contributed by atoms with Gasteiger partial charge in [-0.05, 0) is 55.8 Å². The van der Waals surface area contributed by atoms with E-state index in [0.29, 0.717) is 18.7 Å². The molecule has 27 heavy (non-hydrogen) atoms. The lowest BCUT2D eigenvalue weighted by Gasteiger charge is -2.30. The van der Waals surface area contributed by atoms with E-state index in [4.69, 9.17) is 4.74 Å². The van der Waals surface area contributed by atoms with E-state index in [2.05, 4.69) is 0 Å². The molecule has 1 aliphatic heterocycles. The molecule has 0 N–H and O–H groups in total. The molecule has 2 atom stereocenters. The molecule has 7 heteroatoms. The molecule has 2 heterocycles. The van der Waals surface area contributed by atoms with Crippen LogP contribution in [0.5, 0.6) is 5.75 Å². The van der Waals surface area contributed by atoms with Crippen molar-refractivity contribution in [1.82, 2.24) is 4.90 Å². The van der Waals surface area contributed by atoms with Crippen LogP contribution in [0.4, 0.5) is 0 Å². The lowest BCUT2D eigenvalue weighted by molar-refractivity contribution is -0.140. The van der Waals surface area contributed by atoms with Gasteiger partial charge in [0.2, 0.25) is 0 Å². The van der Waals surface area contributed by atoms with Gasteiger partial charge in [0.05, 0.1) is 18.1 Å². The number of hydrogen-bond acceptors (Lipinski definition) is 5. The lowest BCUT2D eigenvalue weighted by Crippen LogP contribution is -2.46. The molecule has 0 aliphatic carbocycles. The van der Waals surface area contributed by atoms with E-state index in [1.165, 1.54) is 0 Å². The van der Waals surface area contributed by atoms with Gasteiger partial charge in [-0.2, -0.15) is 0 Å². The van der Waals surface area contributed by atoms with Crippen LogP contribution in [0.2, 0.25) is 0 Å². The molecule has 0 saturated carbocycles. The highest BCUT2D eigenvalue weighted by molar-refractivity contribution is 7.91. The van der Waals surface area contributed by atoms with Crippen molar-refractivity contribution in [3.8, 4) is 5.75 Å². The van der Waals surface area contributed by atoms with Gasteiger partial charge < -0.3 is 9.64 Å². The largest absolute Gasteiger partial charge is 0.481 e. The molecule has 1 saturated heterocycles. The minimum atomic E-state index is -3.08. The Labute approximate surface area is 164 Å². The Balaban J connectivity index is 1.80. The minimum Gasteiger partial charge on any atom is -0.481 e. The SMILES string of the molecule is Cc1cccc(O[C@@H](C)C(=O)N(Cc2cccs2)[C@@H]2CCS(=O)(=O)C2)c1C. The van der Waals surface area contributed by atoms with Gasteiger partial charge in [0.25, 0.3) is 5.91 Å². The van der Waals surface area contributed by atoms with E-state index in [0.717, 1.165) is 16.0 Å². The molecular formula is C20H25NO4S2. The Hall–Kier alpha value is -1.86. The summed E-state index contributed by atoms with van der Waals surface area (Å²) in [4.78, 5) is 15.9. The first-order chi connectivity index (χ1) is 12.8. The van der Waals surface area contributed by atoms with Crippen LogP contribution >= 0.6 is 11.3 Å². The molecule has 1 aromatic heterocycles. The number of nitrogens with zero attached hydrogens (tertiary/aromatic N) is 1. The molecule has 2 aromatic rings. The highest BCUT2D eigenvalue weighted by Gasteiger charge is 2.36. The number of aryl methyl sites for hydroxylation is 1. The second-order valence-corrected chi connectivity index (χ2v) is 10.3. The van der Waals surface area contributed by atoms with Gasteiger partial charge in [-0.1, -0.05) is 18.2 Å². The third kappa shape index (κ3) is 4.71. The van der Waals surface area contributed by atoms with Crippen LogP contribution in [0.3, 0.4) is 0 Å². The van der Waals surface area contributed by atoms with E-state index in [-0.39, 0.29) is 23.5 Å². The first-order valence-electron chi connectivity index (χ1n) is 9.03. The van der Waals surface area contributed by atoms with E-state index in [1.807, 2.05) is 49.6 Å². The van der Waals surface area contributed by atoms with Gasteiger partial charge in [0.1, 0.15) is 5.75 Å². The van der Waals surface area contributed by atoms with Gasteiger partial charge in [0, 0.05) is 10.9 Å². The molecule has 1 aliphatic rings. The summed E-state index contributed by atoms with van der Waals surface area (Å²) < 4.78 is 29.9. The van der Waals surface area contributed by atoms with Crippen LogP contribution in [0, 0.1) is 13.8 Å². The Morgan fingerprint density at radius 3 is 2.70 bits per heavy atom. The smallest absolute Gasteiger partial charge is 0.263 e. The maximum absolute atomic E-state index is 13.2. The summed E-state index contributed by atoms with van der Waals surface area (Å²) in [6, 6.07) is 9.36. The van der Waals surface area contributed by atoms with Crippen molar-refractivity contribution < 1.29 is 17.9 Å². The van der Waals surface area contributed by atoms with Crippen molar-refractivity contribution in [2.24, 2.45) is 0 Å². The molecule has 0 spiro atoms. The zero-order valence-electron chi connectivity index (χ0n) is 15.8. The van der Waals surface area contributed by atoms with Crippen LogP contribution in [0.1, 0.15) is 29.3 Å². The van der Waals surface area contributed by atoms with E-state index < -0.39 is 15.9 Å². The van der Waals surface area contributed by atoms with Crippen LogP contribution in [0.25, 0.3) is 0 Å². The number of sulfone groups is 1. The Morgan fingerprint density at radius 1 is 1.30 bits per heavy atom. The van der Waals surface area contributed by atoms with Crippen molar-refractivity contribution in [2.45, 2.75) is 45.9 Å². The molecule has 0 bridgehead atoms. The normalized spacial score (nSPS) is 19.6. The van der Waals surface area contributed by atoms with Crippen LogP contribution in [0.15, 0.2) is 35.7 Å². The Morgan fingerprint density at radius 2 is 2.07 bits per heavy atom. The zero-order valence-corrected chi connectivity index (χ0v) is 17.5. The van der Waals surface area contributed by atoms with Crippen LogP contribution < -0.4 is 4.74 Å². The second kappa shape index (κ2) is 8.02. The average molecular weight is 408 g/mol. The first-order valence-corrected chi connectivity index (χ1v) is 11.7. The van der Waals surface area contributed by atoms with E-state index in [9.17, 15) is 13.2 Å². The number of hydrogen-bond donors (Lipinski definition) is 0. The first kappa shape index (κ1) is 19.9. The number of carbonyl (C=O) groups excluding carboxylic acids is 1. The third-order valence-corrected chi connectivity index (χ3v) is 7.66. The fourth-order valence-electron chi connectivity index (χ4n) is 3.30. The van der Waals surface area contributed by atoms with Crippen molar-refractivity contribution in [3.05, 3.63) is 51.7 Å². The number of ether oxygens (including phenoxy) is 1. The van der Waals surface area contributed by atoms with Crippen LogP contribution in [-0.4, -0.2) is 42.9 Å². The van der Waals surface area contributed by atoms with Crippen molar-refractivity contribution >= 4 is 27.1 Å². The number of thiophene rings is 1. The molecule has 3 rings (SSSR count). The summed E-state index contributed by atoms with van der Waals surface area (Å²) in [5.74, 6) is 0.677. The Kier molecular flexibility index (Phi) is 5.91. The van der Waals surface area contributed by atoms with Gasteiger partial charge in [-0.25, -0.2) is 8.42 Å². The molecule has 5 nitrogen and oxygen atoms in total. The predicted molar refractivity (Wildman–Crippen MR) is 108 cm³/mol. The highest BCUT2D eigenvalue weighted by atomic mass is 32.2. The predicted octanol–water partition coefficient (Wildman–Crippen LogP) is 3.35. The molecule has 0 unspecified atom stereocenters. The zero-order chi connectivity index (χ0) is 19.6. The fourth-order valence-corrected chi connectivity index (χ4v) is 5.74. The van der Waals surface area contributed by atoms with E-state index in [1.54, 1.807) is 23.2 Å². The number of rotatable bonds is 6. The molecule has 1 fully saturated rings. The quantitative estimate of drug-likeness (QED) is 0.737. The topological polar surface area (TPSA) is 63.7 Å². The summed E-state index contributed by atoms with van der Waals surface area (Å²) in [5, 5.41) is 1.96. The number of amides is 1. The Bertz CT molecular complexity index is 906. The lowest BCUT2D eigenvalue weighted by atomic mass is 10.1. The minimum absolute atomic E-state index is 0.0281. The highest BCUT2D eigenvalue weighted by Crippen LogP contribution is 2.25. The average Bonchev–Trinajstić information content (AvgIpc) is 3.25. The van der Waals surface area contributed by atoms with Gasteiger partial charge in [0.15, 0.2) is 15.9 Å². The van der Waals surface area contributed by atoms with Crippen molar-refractivity contribution in [3.63, 3.8) is 0 Å². The summed E-state index contributed by atoms with van der Waals surface area (Å²) in [5.41, 5.74) is 2.11. The second-order valence-electron chi connectivity index (χ2n) is 7.06. The van der Waals surface area contributed by atoms with Gasteiger partial charge in [-0.3, -0.25) is 4.79 Å². The molecule has 146 valence electrons. The monoisotopic (exact) mass is 407 g/mol. The standard InChI is InChI=1S/C20H25NO4S2/c1-14-6-4-8-19(15(14)2)25-16(3)20(22)21(12-18-7-5-10-26-18)17-9-11-27(23,24)13-17/h4-8,10,16-17H,9,11-13H2,1-3H3/t16-,17+/m0/s1. The summed E-state index contributed by atoms with van der Waals surface area (Å²) >= 11 is 1.56. The maximum atomic E-state index is 13.2. The molecule has 1 aromatic carbocycles. The van der Waals surface area contributed by atoms with E-state index >= 15 is 0 Å². The number of benzene rings is 1. The van der Waals surface area contributed by atoms with Crippen molar-refractivity contribution in [2.75, 3.05) is 11.5 Å². The summed E-state index contributed by atoms with van der Waals surface area (Å²) in [6.07, 6.45) is -0.205. The maximum Gasteiger partial charge on any atom is 0.263 e.